The molecule has 1 aliphatic heterocycles. The number of halogens is 1. The third kappa shape index (κ3) is 5.62. The SMILES string of the molecule is CSCC(=O)N1CCCN(C(=O)COc2cccc(Cl)c2)CC1. The van der Waals surface area contributed by atoms with Gasteiger partial charge >= 0.3 is 0 Å². The summed E-state index contributed by atoms with van der Waals surface area (Å²) in [6, 6.07) is 6.99. The van der Waals surface area contributed by atoms with E-state index in [1.54, 1.807) is 29.2 Å². The number of carbonyl (C=O) groups excluding carboxylic acids is 2. The lowest BCUT2D eigenvalue weighted by Gasteiger charge is -2.22. The average molecular weight is 357 g/mol. The van der Waals surface area contributed by atoms with Crippen LogP contribution in [0.15, 0.2) is 24.3 Å². The van der Waals surface area contributed by atoms with Crippen LogP contribution < -0.4 is 4.74 Å². The standard InChI is InChI=1S/C16H21ClN2O3S/c1-23-12-16(21)19-7-3-6-18(8-9-19)15(20)11-22-14-5-2-4-13(17)10-14/h2,4-5,10H,3,6-9,11-12H2,1H3. The fraction of sp³-hybridized carbons (Fsp3) is 0.500. The van der Waals surface area contributed by atoms with E-state index in [1.165, 1.54) is 11.8 Å². The lowest BCUT2D eigenvalue weighted by atomic mass is 10.3. The van der Waals surface area contributed by atoms with Gasteiger partial charge in [-0.1, -0.05) is 17.7 Å². The maximum atomic E-state index is 12.3. The summed E-state index contributed by atoms with van der Waals surface area (Å²) in [4.78, 5) is 27.8. The quantitative estimate of drug-likeness (QED) is 0.811. The summed E-state index contributed by atoms with van der Waals surface area (Å²) in [7, 11) is 0. The van der Waals surface area contributed by atoms with Crippen molar-refractivity contribution in [3.63, 3.8) is 0 Å². The molecule has 0 atom stereocenters. The van der Waals surface area contributed by atoms with Crippen molar-refractivity contribution in [3.05, 3.63) is 29.3 Å². The number of carbonyl (C=O) groups is 2. The molecule has 126 valence electrons. The zero-order valence-electron chi connectivity index (χ0n) is 13.2. The van der Waals surface area contributed by atoms with Gasteiger partial charge in [-0.15, -0.1) is 0 Å². The molecule has 0 saturated carbocycles. The van der Waals surface area contributed by atoms with Crippen LogP contribution in [0.25, 0.3) is 0 Å². The smallest absolute Gasteiger partial charge is 0.260 e. The first-order valence-electron chi connectivity index (χ1n) is 7.53. The number of hydrogen-bond acceptors (Lipinski definition) is 4. The zero-order chi connectivity index (χ0) is 16.7. The van der Waals surface area contributed by atoms with E-state index in [0.717, 1.165) is 6.42 Å². The van der Waals surface area contributed by atoms with Crippen LogP contribution in [0.2, 0.25) is 5.02 Å². The second-order valence-corrected chi connectivity index (χ2v) is 6.60. The van der Waals surface area contributed by atoms with Gasteiger partial charge < -0.3 is 14.5 Å². The van der Waals surface area contributed by atoms with Crippen LogP contribution in [0.5, 0.6) is 5.75 Å². The molecule has 7 heteroatoms. The van der Waals surface area contributed by atoms with Gasteiger partial charge in [0.1, 0.15) is 5.75 Å². The second-order valence-electron chi connectivity index (χ2n) is 5.29. The summed E-state index contributed by atoms with van der Waals surface area (Å²) in [5.41, 5.74) is 0. The van der Waals surface area contributed by atoms with E-state index in [0.29, 0.717) is 42.7 Å². The second kappa shape index (κ2) is 9.03. The van der Waals surface area contributed by atoms with Crippen molar-refractivity contribution in [2.75, 3.05) is 44.8 Å². The molecule has 0 spiro atoms. The number of amides is 2. The van der Waals surface area contributed by atoms with Crippen LogP contribution in [0.1, 0.15) is 6.42 Å². The molecule has 0 aromatic heterocycles. The Morgan fingerprint density at radius 3 is 2.52 bits per heavy atom. The average Bonchev–Trinajstić information content (AvgIpc) is 2.79. The molecule has 1 aromatic rings. The minimum Gasteiger partial charge on any atom is -0.484 e. The molecular weight excluding hydrogens is 336 g/mol. The lowest BCUT2D eigenvalue weighted by molar-refractivity contribution is -0.134. The van der Waals surface area contributed by atoms with E-state index in [-0.39, 0.29) is 18.4 Å². The third-order valence-corrected chi connectivity index (χ3v) is 4.40. The van der Waals surface area contributed by atoms with Crippen LogP contribution in [0.4, 0.5) is 0 Å². The molecule has 2 rings (SSSR count). The van der Waals surface area contributed by atoms with Gasteiger partial charge in [0.2, 0.25) is 5.91 Å². The summed E-state index contributed by atoms with van der Waals surface area (Å²) < 4.78 is 5.50. The highest BCUT2D eigenvalue weighted by molar-refractivity contribution is 7.99. The zero-order valence-corrected chi connectivity index (χ0v) is 14.7. The fourth-order valence-electron chi connectivity index (χ4n) is 2.42. The fourth-order valence-corrected chi connectivity index (χ4v) is 3.03. The Hall–Kier alpha value is -1.40. The summed E-state index contributed by atoms with van der Waals surface area (Å²) in [6.45, 7) is 2.48. The Labute approximate surface area is 145 Å². The van der Waals surface area contributed by atoms with E-state index < -0.39 is 0 Å². The van der Waals surface area contributed by atoms with Gasteiger partial charge in [0, 0.05) is 31.2 Å². The van der Waals surface area contributed by atoms with Crippen LogP contribution in [0, 0.1) is 0 Å². The lowest BCUT2D eigenvalue weighted by Crippen LogP contribution is -2.39. The van der Waals surface area contributed by atoms with Crippen molar-refractivity contribution < 1.29 is 14.3 Å². The molecule has 1 aromatic carbocycles. The molecule has 1 saturated heterocycles. The Morgan fingerprint density at radius 2 is 1.87 bits per heavy atom. The van der Waals surface area contributed by atoms with Gasteiger partial charge in [0.25, 0.3) is 5.91 Å². The minimum atomic E-state index is -0.0656. The predicted octanol–water partition coefficient (Wildman–Crippen LogP) is 2.14. The highest BCUT2D eigenvalue weighted by Crippen LogP contribution is 2.17. The first-order valence-corrected chi connectivity index (χ1v) is 9.30. The third-order valence-electron chi connectivity index (χ3n) is 3.63. The summed E-state index contributed by atoms with van der Waals surface area (Å²) >= 11 is 7.41. The van der Waals surface area contributed by atoms with E-state index in [2.05, 4.69) is 0 Å². The van der Waals surface area contributed by atoms with Crippen LogP contribution >= 0.6 is 23.4 Å². The Morgan fingerprint density at radius 1 is 1.17 bits per heavy atom. The van der Waals surface area contributed by atoms with Crippen molar-refractivity contribution in [1.29, 1.82) is 0 Å². The molecule has 0 radical (unpaired) electrons. The van der Waals surface area contributed by atoms with Crippen molar-refractivity contribution >= 4 is 35.2 Å². The summed E-state index contributed by atoms with van der Waals surface area (Å²) in [5, 5.41) is 0.577. The van der Waals surface area contributed by atoms with E-state index in [9.17, 15) is 9.59 Å². The van der Waals surface area contributed by atoms with Crippen LogP contribution in [0.3, 0.4) is 0 Å². The Balaban J connectivity index is 1.82. The molecule has 0 N–H and O–H groups in total. The maximum Gasteiger partial charge on any atom is 0.260 e. The van der Waals surface area contributed by atoms with Gasteiger partial charge in [0.05, 0.1) is 5.75 Å². The number of hydrogen-bond donors (Lipinski definition) is 0. The molecular formula is C16H21ClN2O3S. The van der Waals surface area contributed by atoms with E-state index >= 15 is 0 Å². The predicted molar refractivity (Wildman–Crippen MR) is 93.1 cm³/mol. The minimum absolute atomic E-state index is 0.0148. The number of benzene rings is 1. The van der Waals surface area contributed by atoms with Gasteiger partial charge in [-0.25, -0.2) is 0 Å². The van der Waals surface area contributed by atoms with Gasteiger partial charge in [-0.05, 0) is 30.9 Å². The molecule has 0 unspecified atom stereocenters. The Kier molecular flexibility index (Phi) is 7.05. The van der Waals surface area contributed by atoms with Crippen LogP contribution in [-0.4, -0.2) is 66.4 Å². The highest BCUT2D eigenvalue weighted by Gasteiger charge is 2.21. The molecule has 1 fully saturated rings. The van der Waals surface area contributed by atoms with Gasteiger partial charge in [-0.3, -0.25) is 9.59 Å². The van der Waals surface area contributed by atoms with E-state index in [4.69, 9.17) is 16.3 Å². The summed E-state index contributed by atoms with van der Waals surface area (Å²) in [6.07, 6.45) is 2.71. The number of nitrogens with zero attached hydrogens (tertiary/aromatic N) is 2. The van der Waals surface area contributed by atoms with Gasteiger partial charge in [-0.2, -0.15) is 11.8 Å². The largest absolute Gasteiger partial charge is 0.484 e. The van der Waals surface area contributed by atoms with Crippen molar-refractivity contribution in [1.82, 2.24) is 9.80 Å². The molecule has 1 heterocycles. The van der Waals surface area contributed by atoms with Crippen LogP contribution in [-0.2, 0) is 9.59 Å². The Bertz CT molecular complexity index is 556. The molecule has 5 nitrogen and oxygen atoms in total. The molecule has 1 aliphatic rings. The van der Waals surface area contributed by atoms with Crippen molar-refractivity contribution in [2.24, 2.45) is 0 Å². The number of thioether (sulfide) groups is 1. The van der Waals surface area contributed by atoms with Gasteiger partial charge in [0.15, 0.2) is 6.61 Å². The van der Waals surface area contributed by atoms with Crippen molar-refractivity contribution in [3.8, 4) is 5.75 Å². The number of ether oxygens (including phenoxy) is 1. The molecule has 0 bridgehead atoms. The van der Waals surface area contributed by atoms with Crippen molar-refractivity contribution in [2.45, 2.75) is 6.42 Å². The molecule has 0 aliphatic carbocycles. The monoisotopic (exact) mass is 356 g/mol. The number of rotatable bonds is 5. The normalized spacial score (nSPS) is 15.2. The first-order chi connectivity index (χ1) is 11.1. The topological polar surface area (TPSA) is 49.9 Å². The first kappa shape index (κ1) is 17.9. The molecule has 23 heavy (non-hydrogen) atoms. The van der Waals surface area contributed by atoms with E-state index in [1.807, 2.05) is 11.2 Å². The molecule has 2 amide bonds. The highest BCUT2D eigenvalue weighted by atomic mass is 35.5. The summed E-state index contributed by atoms with van der Waals surface area (Å²) in [5.74, 6) is 1.15. The maximum absolute atomic E-state index is 12.3.